The average molecular weight is 432 g/mol. The van der Waals surface area contributed by atoms with E-state index >= 15 is 0 Å². The Morgan fingerprint density at radius 2 is 1.66 bits per heavy atom. The number of carbonyl (C=O) groups is 2. The summed E-state index contributed by atoms with van der Waals surface area (Å²) < 4.78 is 5.85. The van der Waals surface area contributed by atoms with Crippen LogP contribution in [-0.2, 0) is 11.2 Å². The zero-order valence-electron chi connectivity index (χ0n) is 18.3. The summed E-state index contributed by atoms with van der Waals surface area (Å²) in [4.78, 5) is 24.0. The fraction of sp³-hybridized carbons (Fsp3) is 0.231. The van der Waals surface area contributed by atoms with Crippen LogP contribution >= 0.6 is 0 Å². The fourth-order valence-corrected chi connectivity index (χ4v) is 3.16. The smallest absolute Gasteiger partial charge is 0.251 e. The van der Waals surface area contributed by atoms with Crippen molar-refractivity contribution in [2.24, 2.45) is 0 Å². The van der Waals surface area contributed by atoms with Gasteiger partial charge in [-0.05, 0) is 61.7 Å². The van der Waals surface area contributed by atoms with E-state index < -0.39 is 0 Å². The first kappa shape index (κ1) is 22.9. The van der Waals surface area contributed by atoms with Gasteiger partial charge in [-0.25, -0.2) is 0 Å². The van der Waals surface area contributed by atoms with Crippen LogP contribution in [0.5, 0.6) is 5.75 Å². The molecule has 0 aliphatic rings. The van der Waals surface area contributed by atoms with Gasteiger partial charge in [0.2, 0.25) is 5.91 Å². The number of ether oxygens (including phenoxy) is 1. The molecule has 6 nitrogen and oxygen atoms in total. The maximum atomic E-state index is 12.3. The Labute approximate surface area is 189 Å². The van der Waals surface area contributed by atoms with Crippen LogP contribution in [0.1, 0.15) is 29.3 Å². The van der Waals surface area contributed by atoms with Crippen molar-refractivity contribution in [3.05, 3.63) is 90.0 Å². The van der Waals surface area contributed by atoms with E-state index in [1.807, 2.05) is 49.4 Å². The minimum atomic E-state index is -0.176. The third-order valence-corrected chi connectivity index (χ3v) is 4.78. The molecule has 0 aromatic heterocycles. The molecule has 3 aromatic carbocycles. The molecule has 0 atom stereocenters. The third kappa shape index (κ3) is 7.47. The molecular formula is C26H29N3O3. The van der Waals surface area contributed by atoms with Crippen LogP contribution in [0.15, 0.2) is 78.9 Å². The highest BCUT2D eigenvalue weighted by molar-refractivity contribution is 5.96. The van der Waals surface area contributed by atoms with E-state index in [0.717, 1.165) is 24.3 Å². The van der Waals surface area contributed by atoms with Crippen molar-refractivity contribution < 1.29 is 14.3 Å². The van der Waals surface area contributed by atoms with Gasteiger partial charge in [-0.3, -0.25) is 9.59 Å². The number of nitrogens with one attached hydrogen (secondary N) is 3. The summed E-state index contributed by atoms with van der Waals surface area (Å²) in [7, 11) is 0. The highest BCUT2D eigenvalue weighted by Gasteiger charge is 2.06. The Morgan fingerprint density at radius 3 is 2.41 bits per heavy atom. The summed E-state index contributed by atoms with van der Waals surface area (Å²) in [6.45, 7) is 3.19. The molecule has 3 aromatic rings. The maximum Gasteiger partial charge on any atom is 0.251 e. The number of hydrogen-bond donors (Lipinski definition) is 3. The van der Waals surface area contributed by atoms with Crippen molar-refractivity contribution in [3.8, 4) is 5.75 Å². The molecule has 0 heterocycles. The van der Waals surface area contributed by atoms with E-state index in [2.05, 4.69) is 28.1 Å². The Hall–Kier alpha value is -3.80. The van der Waals surface area contributed by atoms with E-state index in [0.29, 0.717) is 24.4 Å². The number of rotatable bonds is 11. The SMILES string of the molecule is CCNC(=O)c1ccc(NC(=O)CNc2cccc(OCCCc3ccccc3)c2)cc1. The van der Waals surface area contributed by atoms with Crippen LogP contribution in [0, 0.1) is 0 Å². The van der Waals surface area contributed by atoms with Gasteiger partial charge in [-0.2, -0.15) is 0 Å². The van der Waals surface area contributed by atoms with Gasteiger partial charge in [0.05, 0.1) is 13.2 Å². The van der Waals surface area contributed by atoms with E-state index in [4.69, 9.17) is 4.74 Å². The lowest BCUT2D eigenvalue weighted by Gasteiger charge is -2.11. The quantitative estimate of drug-likeness (QED) is 0.391. The highest BCUT2D eigenvalue weighted by atomic mass is 16.5. The molecule has 32 heavy (non-hydrogen) atoms. The lowest BCUT2D eigenvalue weighted by atomic mass is 10.1. The first-order chi connectivity index (χ1) is 15.6. The van der Waals surface area contributed by atoms with Gasteiger partial charge in [-0.1, -0.05) is 36.4 Å². The van der Waals surface area contributed by atoms with E-state index in [-0.39, 0.29) is 18.4 Å². The molecule has 0 spiro atoms. The number of benzene rings is 3. The second kappa shape index (κ2) is 12.2. The second-order valence-corrected chi connectivity index (χ2v) is 7.30. The molecule has 0 aliphatic carbocycles. The Bertz CT molecular complexity index is 1000. The average Bonchev–Trinajstić information content (AvgIpc) is 2.82. The summed E-state index contributed by atoms with van der Waals surface area (Å²) in [5.41, 5.74) is 3.31. The third-order valence-electron chi connectivity index (χ3n) is 4.78. The predicted octanol–water partition coefficient (Wildman–Crippen LogP) is 4.50. The van der Waals surface area contributed by atoms with Crippen molar-refractivity contribution in [1.29, 1.82) is 0 Å². The first-order valence-corrected chi connectivity index (χ1v) is 10.8. The topological polar surface area (TPSA) is 79.5 Å². The summed E-state index contributed by atoms with van der Waals surface area (Å²) >= 11 is 0. The van der Waals surface area contributed by atoms with Gasteiger partial charge in [-0.15, -0.1) is 0 Å². The molecule has 0 radical (unpaired) electrons. The van der Waals surface area contributed by atoms with Crippen molar-refractivity contribution in [3.63, 3.8) is 0 Å². The minimum absolute atomic E-state index is 0.121. The molecule has 0 saturated heterocycles. The normalized spacial score (nSPS) is 10.3. The number of anilines is 2. The fourth-order valence-electron chi connectivity index (χ4n) is 3.16. The summed E-state index contributed by atoms with van der Waals surface area (Å²) in [5.74, 6) is 0.462. The van der Waals surface area contributed by atoms with Gasteiger partial charge in [0.1, 0.15) is 5.75 Å². The largest absolute Gasteiger partial charge is 0.494 e. The molecule has 3 N–H and O–H groups in total. The Kier molecular flexibility index (Phi) is 8.69. The standard InChI is InChI=1S/C26H29N3O3/c1-2-27-26(31)21-13-15-22(16-14-21)29-25(30)19-28-23-11-6-12-24(18-23)32-17-7-10-20-8-4-3-5-9-20/h3-6,8-9,11-16,18,28H,2,7,10,17,19H2,1H3,(H,27,31)(H,29,30). The van der Waals surface area contributed by atoms with Crippen LogP contribution in [0.4, 0.5) is 11.4 Å². The summed E-state index contributed by atoms with van der Waals surface area (Å²) in [6.07, 6.45) is 1.91. The van der Waals surface area contributed by atoms with Crippen LogP contribution < -0.4 is 20.7 Å². The maximum absolute atomic E-state index is 12.3. The van der Waals surface area contributed by atoms with Gasteiger partial charge < -0.3 is 20.7 Å². The van der Waals surface area contributed by atoms with E-state index in [1.165, 1.54) is 5.56 Å². The van der Waals surface area contributed by atoms with Crippen molar-refractivity contribution in [1.82, 2.24) is 5.32 Å². The molecule has 3 rings (SSSR count). The van der Waals surface area contributed by atoms with Gasteiger partial charge in [0.15, 0.2) is 0 Å². The predicted molar refractivity (Wildman–Crippen MR) is 128 cm³/mol. The highest BCUT2D eigenvalue weighted by Crippen LogP contribution is 2.18. The van der Waals surface area contributed by atoms with Crippen LogP contribution in [0.25, 0.3) is 0 Å². The Morgan fingerprint density at radius 1 is 0.875 bits per heavy atom. The molecule has 6 heteroatoms. The van der Waals surface area contributed by atoms with Gasteiger partial charge in [0.25, 0.3) is 5.91 Å². The molecule has 166 valence electrons. The number of amides is 2. The monoisotopic (exact) mass is 431 g/mol. The number of aryl methyl sites for hydroxylation is 1. The summed E-state index contributed by atoms with van der Waals surface area (Å²) in [5, 5.41) is 8.67. The molecule has 0 bridgehead atoms. The zero-order valence-corrected chi connectivity index (χ0v) is 18.3. The van der Waals surface area contributed by atoms with E-state index in [1.54, 1.807) is 24.3 Å². The van der Waals surface area contributed by atoms with Crippen LogP contribution in [-0.4, -0.2) is 31.5 Å². The van der Waals surface area contributed by atoms with Crippen LogP contribution in [0.2, 0.25) is 0 Å². The van der Waals surface area contributed by atoms with Crippen molar-refractivity contribution >= 4 is 23.2 Å². The zero-order chi connectivity index (χ0) is 22.6. The van der Waals surface area contributed by atoms with Gasteiger partial charge >= 0.3 is 0 Å². The Balaban J connectivity index is 1.41. The van der Waals surface area contributed by atoms with Gasteiger partial charge in [0, 0.05) is 29.5 Å². The number of hydrogen-bond acceptors (Lipinski definition) is 4. The second-order valence-electron chi connectivity index (χ2n) is 7.30. The number of carbonyl (C=O) groups excluding carboxylic acids is 2. The molecule has 0 unspecified atom stereocenters. The first-order valence-electron chi connectivity index (χ1n) is 10.8. The molecule has 0 fully saturated rings. The minimum Gasteiger partial charge on any atom is -0.494 e. The van der Waals surface area contributed by atoms with E-state index in [9.17, 15) is 9.59 Å². The van der Waals surface area contributed by atoms with Crippen LogP contribution in [0.3, 0.4) is 0 Å². The molecule has 0 saturated carbocycles. The lowest BCUT2D eigenvalue weighted by Crippen LogP contribution is -2.23. The molecule has 2 amide bonds. The molecule has 0 aliphatic heterocycles. The van der Waals surface area contributed by atoms with Crippen molar-refractivity contribution in [2.45, 2.75) is 19.8 Å². The van der Waals surface area contributed by atoms with Crippen molar-refractivity contribution in [2.75, 3.05) is 30.3 Å². The lowest BCUT2D eigenvalue weighted by molar-refractivity contribution is -0.114. The summed E-state index contributed by atoms with van der Waals surface area (Å²) in [6, 6.07) is 24.7. The molecular weight excluding hydrogens is 402 g/mol.